The van der Waals surface area contributed by atoms with E-state index >= 15 is 0 Å². The van der Waals surface area contributed by atoms with E-state index in [4.69, 9.17) is 14.2 Å². The van der Waals surface area contributed by atoms with E-state index in [-0.39, 0.29) is 43.1 Å². The lowest BCUT2D eigenvalue weighted by Gasteiger charge is -2.43. The van der Waals surface area contributed by atoms with Crippen LogP contribution in [0, 0.1) is 5.92 Å². The van der Waals surface area contributed by atoms with Crippen molar-refractivity contribution in [3.63, 3.8) is 0 Å². The summed E-state index contributed by atoms with van der Waals surface area (Å²) in [6.07, 6.45) is -0.801. The normalized spacial score (nSPS) is 23.5. The number of imide groups is 1. The third kappa shape index (κ3) is 6.02. The first-order valence-electron chi connectivity index (χ1n) is 15.9. The zero-order chi connectivity index (χ0) is 31.6. The van der Waals surface area contributed by atoms with Gasteiger partial charge in [0.25, 0.3) is 11.8 Å². The molecule has 4 unspecified atom stereocenters. The molecule has 2 fully saturated rings. The molecule has 8 nitrogen and oxygen atoms in total. The molecule has 0 bridgehead atoms. The van der Waals surface area contributed by atoms with E-state index < -0.39 is 6.29 Å². The van der Waals surface area contributed by atoms with Gasteiger partial charge in [0.1, 0.15) is 0 Å². The molecule has 3 heterocycles. The van der Waals surface area contributed by atoms with Crippen molar-refractivity contribution in [2.75, 3.05) is 32.8 Å². The molecule has 46 heavy (non-hydrogen) atoms. The predicted octanol–water partition coefficient (Wildman–Crippen LogP) is 5.77. The molecule has 8 heteroatoms. The zero-order valence-corrected chi connectivity index (χ0v) is 25.9. The summed E-state index contributed by atoms with van der Waals surface area (Å²) in [4.78, 5) is 29.9. The number of carbonyl (C=O) groups is 2. The topological polar surface area (TPSA) is 88.5 Å². The van der Waals surface area contributed by atoms with Gasteiger partial charge in [-0.15, -0.1) is 0 Å². The standard InChI is InChI=1S/C38H38N2O6/c1-25-34(23-39-18-20-44-21-19-39)45-38(46-35(25)28-12-10-26(24-41)11-13-28)29-16-14-27(15-17-29)31-7-3-2-6-30(31)22-40-36(42)32-8-4-5-9-33(32)37(40)43/h2-17,25,34-35,38,41H,18-24H2,1H3. The highest BCUT2D eigenvalue weighted by Gasteiger charge is 2.39. The van der Waals surface area contributed by atoms with Gasteiger partial charge in [0.2, 0.25) is 0 Å². The smallest absolute Gasteiger partial charge is 0.261 e. The minimum absolute atomic E-state index is 0.000520. The van der Waals surface area contributed by atoms with Crippen LogP contribution in [0.2, 0.25) is 0 Å². The molecule has 236 valence electrons. The lowest BCUT2D eigenvalue weighted by molar-refractivity contribution is -0.277. The molecule has 2 amide bonds. The van der Waals surface area contributed by atoms with Gasteiger partial charge in [-0.25, -0.2) is 0 Å². The first-order valence-corrected chi connectivity index (χ1v) is 15.9. The number of hydrogen-bond donors (Lipinski definition) is 1. The molecule has 0 radical (unpaired) electrons. The van der Waals surface area contributed by atoms with Gasteiger partial charge in [0.05, 0.1) is 49.7 Å². The highest BCUT2D eigenvalue weighted by Crippen LogP contribution is 2.42. The molecule has 0 saturated carbocycles. The number of nitrogens with zero attached hydrogens (tertiary/aromatic N) is 2. The summed E-state index contributed by atoms with van der Waals surface area (Å²) in [5, 5.41) is 9.56. The molecule has 4 aromatic rings. The van der Waals surface area contributed by atoms with Crippen molar-refractivity contribution in [3.8, 4) is 11.1 Å². The average Bonchev–Trinajstić information content (AvgIpc) is 3.35. The van der Waals surface area contributed by atoms with Gasteiger partial charge < -0.3 is 19.3 Å². The van der Waals surface area contributed by atoms with E-state index in [0.717, 1.165) is 66.2 Å². The monoisotopic (exact) mass is 618 g/mol. The Hall–Kier alpha value is -4.18. The second kappa shape index (κ2) is 13.3. The Bertz CT molecular complexity index is 1660. The Morgan fingerprint density at radius 1 is 0.739 bits per heavy atom. The number of aliphatic hydroxyl groups is 1. The van der Waals surface area contributed by atoms with Crippen molar-refractivity contribution in [1.82, 2.24) is 9.80 Å². The number of carbonyl (C=O) groups excluding carboxylic acids is 2. The number of ether oxygens (including phenoxy) is 3. The van der Waals surface area contributed by atoms with Crippen LogP contribution in [0.1, 0.15) is 62.3 Å². The molecular formula is C38H38N2O6. The fourth-order valence-electron chi connectivity index (χ4n) is 6.68. The summed E-state index contributed by atoms with van der Waals surface area (Å²) in [6, 6.07) is 31.0. The van der Waals surface area contributed by atoms with Crippen molar-refractivity contribution in [2.45, 2.75) is 38.6 Å². The molecular weight excluding hydrogens is 580 g/mol. The molecule has 0 aliphatic carbocycles. The van der Waals surface area contributed by atoms with Crippen molar-refractivity contribution in [1.29, 1.82) is 0 Å². The first-order chi connectivity index (χ1) is 22.5. The minimum atomic E-state index is -0.563. The van der Waals surface area contributed by atoms with Crippen LogP contribution < -0.4 is 0 Å². The van der Waals surface area contributed by atoms with E-state index in [1.807, 2.05) is 72.8 Å². The Morgan fingerprint density at radius 3 is 2.00 bits per heavy atom. The summed E-state index contributed by atoms with van der Waals surface area (Å²) in [6.45, 7) is 6.37. The highest BCUT2D eigenvalue weighted by molar-refractivity contribution is 6.21. The molecule has 2 saturated heterocycles. The number of fused-ring (bicyclic) bond motifs is 1. The number of amides is 2. The summed E-state index contributed by atoms with van der Waals surface area (Å²) in [5.41, 5.74) is 6.56. The van der Waals surface area contributed by atoms with Crippen LogP contribution in [0.3, 0.4) is 0 Å². The second-order valence-corrected chi connectivity index (χ2v) is 12.3. The van der Waals surface area contributed by atoms with Gasteiger partial charge in [-0.1, -0.05) is 91.9 Å². The summed E-state index contributed by atoms with van der Waals surface area (Å²) >= 11 is 0. The maximum atomic E-state index is 13.1. The van der Waals surface area contributed by atoms with Gasteiger partial charge in [0, 0.05) is 31.1 Å². The zero-order valence-electron chi connectivity index (χ0n) is 25.9. The van der Waals surface area contributed by atoms with E-state index in [1.54, 1.807) is 24.3 Å². The predicted molar refractivity (Wildman–Crippen MR) is 173 cm³/mol. The van der Waals surface area contributed by atoms with Crippen LogP contribution in [0.4, 0.5) is 0 Å². The van der Waals surface area contributed by atoms with Crippen LogP contribution in [-0.4, -0.2) is 65.7 Å². The van der Waals surface area contributed by atoms with E-state index in [2.05, 4.69) is 11.8 Å². The van der Waals surface area contributed by atoms with Crippen LogP contribution in [0.15, 0.2) is 97.1 Å². The van der Waals surface area contributed by atoms with Crippen LogP contribution in [-0.2, 0) is 27.4 Å². The fraction of sp³-hybridized carbons (Fsp3) is 0.316. The van der Waals surface area contributed by atoms with Gasteiger partial charge in [-0.05, 0) is 39.9 Å². The molecule has 1 N–H and O–H groups in total. The molecule has 4 aromatic carbocycles. The minimum Gasteiger partial charge on any atom is -0.392 e. The molecule has 7 rings (SSSR count). The molecule has 4 atom stereocenters. The lowest BCUT2D eigenvalue weighted by Crippen LogP contribution is -2.47. The van der Waals surface area contributed by atoms with E-state index in [9.17, 15) is 14.7 Å². The van der Waals surface area contributed by atoms with E-state index in [0.29, 0.717) is 11.1 Å². The summed E-state index contributed by atoms with van der Waals surface area (Å²) in [7, 11) is 0. The fourth-order valence-corrected chi connectivity index (χ4v) is 6.68. The largest absolute Gasteiger partial charge is 0.392 e. The highest BCUT2D eigenvalue weighted by atomic mass is 16.7. The van der Waals surface area contributed by atoms with Crippen LogP contribution in [0.25, 0.3) is 11.1 Å². The van der Waals surface area contributed by atoms with Crippen LogP contribution >= 0.6 is 0 Å². The van der Waals surface area contributed by atoms with Crippen molar-refractivity contribution < 1.29 is 28.9 Å². The third-order valence-corrected chi connectivity index (χ3v) is 9.38. The second-order valence-electron chi connectivity index (χ2n) is 12.3. The SMILES string of the molecule is CC1C(CN2CCOCC2)OC(c2ccc(-c3ccccc3CN3C(=O)c4ccccc4C3=O)cc2)OC1c1ccc(CO)cc1. The third-order valence-electron chi connectivity index (χ3n) is 9.38. The van der Waals surface area contributed by atoms with Crippen molar-refractivity contribution in [2.24, 2.45) is 5.92 Å². The van der Waals surface area contributed by atoms with Crippen molar-refractivity contribution >= 4 is 11.8 Å². The Kier molecular flexibility index (Phi) is 8.80. The number of rotatable bonds is 8. The van der Waals surface area contributed by atoms with Gasteiger partial charge in [-0.2, -0.15) is 0 Å². The average molecular weight is 619 g/mol. The molecule has 0 spiro atoms. The van der Waals surface area contributed by atoms with Gasteiger partial charge >= 0.3 is 0 Å². The molecule has 3 aliphatic heterocycles. The number of morpholine rings is 1. The first kappa shape index (κ1) is 30.5. The Morgan fingerprint density at radius 2 is 1.35 bits per heavy atom. The van der Waals surface area contributed by atoms with Crippen LogP contribution in [0.5, 0.6) is 0 Å². The van der Waals surface area contributed by atoms with Gasteiger partial charge in [0.15, 0.2) is 6.29 Å². The maximum Gasteiger partial charge on any atom is 0.261 e. The molecule has 0 aromatic heterocycles. The lowest BCUT2D eigenvalue weighted by atomic mass is 9.90. The maximum absolute atomic E-state index is 13.1. The van der Waals surface area contributed by atoms with E-state index in [1.165, 1.54) is 4.90 Å². The summed E-state index contributed by atoms with van der Waals surface area (Å²) < 4.78 is 18.9. The number of aliphatic hydroxyl groups excluding tert-OH is 1. The number of hydrogen-bond acceptors (Lipinski definition) is 7. The van der Waals surface area contributed by atoms with Crippen molar-refractivity contribution in [3.05, 3.63) is 130 Å². The Balaban J connectivity index is 1.13. The quantitative estimate of drug-likeness (QED) is 0.251. The Labute approximate surface area is 269 Å². The van der Waals surface area contributed by atoms with Gasteiger partial charge in [-0.3, -0.25) is 19.4 Å². The summed E-state index contributed by atoms with van der Waals surface area (Å²) in [5.74, 6) is -0.426. The number of benzene rings is 4. The molecule has 3 aliphatic rings.